The molecule has 3 aromatic rings. The predicted molar refractivity (Wildman–Crippen MR) is 83.0 cm³/mol. The molecule has 0 aliphatic carbocycles. The lowest BCUT2D eigenvalue weighted by atomic mass is 10.2. The molecular weight excluding hydrogens is 310 g/mol. The fourth-order valence-corrected chi connectivity index (χ4v) is 2.10. The molecule has 0 aliphatic rings. The number of carbonyl (C=O) groups excluding carboxylic acids is 1. The highest BCUT2D eigenvalue weighted by atomic mass is 16.3. The van der Waals surface area contributed by atoms with Gasteiger partial charge >= 0.3 is 0 Å². The van der Waals surface area contributed by atoms with Crippen molar-refractivity contribution in [2.45, 2.75) is 6.54 Å². The van der Waals surface area contributed by atoms with Crippen LogP contribution in [0.15, 0.2) is 36.7 Å². The highest BCUT2D eigenvalue weighted by molar-refractivity contribution is 6.00. The molecule has 0 atom stereocenters. The summed E-state index contributed by atoms with van der Waals surface area (Å²) in [6.45, 7) is 0.171. The van der Waals surface area contributed by atoms with Crippen LogP contribution in [0.25, 0.3) is 10.9 Å². The molecule has 0 bridgehead atoms. The quantitative estimate of drug-likeness (QED) is 0.661. The molecule has 1 amide bonds. The van der Waals surface area contributed by atoms with E-state index in [9.17, 15) is 15.0 Å². The molecule has 0 saturated heterocycles. The van der Waals surface area contributed by atoms with Crippen LogP contribution in [-0.4, -0.2) is 31.1 Å². The molecule has 3 rings (SSSR count). The topological polar surface area (TPSA) is 132 Å². The van der Waals surface area contributed by atoms with Gasteiger partial charge in [0.05, 0.1) is 11.7 Å². The van der Waals surface area contributed by atoms with E-state index in [4.69, 9.17) is 5.26 Å². The minimum absolute atomic E-state index is 0.142. The maximum atomic E-state index is 12.2. The Balaban J connectivity index is 1.79. The molecule has 0 radical (unpaired) electrons. The summed E-state index contributed by atoms with van der Waals surface area (Å²) in [5, 5.41) is 31.1. The van der Waals surface area contributed by atoms with E-state index in [2.05, 4.69) is 20.3 Å². The molecule has 0 aromatic carbocycles. The van der Waals surface area contributed by atoms with E-state index in [1.165, 1.54) is 24.5 Å². The monoisotopic (exact) mass is 321 g/mol. The Labute approximate surface area is 136 Å². The fourth-order valence-electron chi connectivity index (χ4n) is 2.10. The largest absolute Gasteiger partial charge is 0.505 e. The van der Waals surface area contributed by atoms with E-state index in [1.54, 1.807) is 12.1 Å². The third kappa shape index (κ3) is 2.91. The smallest absolute Gasteiger partial charge is 0.274 e. The Morgan fingerprint density at radius 2 is 2.00 bits per heavy atom. The van der Waals surface area contributed by atoms with Gasteiger partial charge in [-0.05, 0) is 17.7 Å². The first-order valence-electron chi connectivity index (χ1n) is 6.89. The van der Waals surface area contributed by atoms with Crippen molar-refractivity contribution in [1.82, 2.24) is 20.3 Å². The number of rotatable bonds is 3. The number of fused-ring (bicyclic) bond motifs is 1. The zero-order valence-electron chi connectivity index (χ0n) is 12.3. The molecule has 3 N–H and O–H groups in total. The van der Waals surface area contributed by atoms with E-state index in [0.29, 0.717) is 10.9 Å². The zero-order valence-corrected chi connectivity index (χ0v) is 12.3. The maximum Gasteiger partial charge on any atom is 0.274 e. The second-order valence-electron chi connectivity index (χ2n) is 4.90. The summed E-state index contributed by atoms with van der Waals surface area (Å²) in [6, 6.07) is 7.89. The van der Waals surface area contributed by atoms with Gasteiger partial charge < -0.3 is 15.5 Å². The number of nitrogens with one attached hydrogen (secondary N) is 1. The van der Waals surface area contributed by atoms with E-state index in [-0.39, 0.29) is 35.1 Å². The van der Waals surface area contributed by atoms with E-state index >= 15 is 0 Å². The SMILES string of the molecule is N#Cc1ccc(CNC(=O)c2ncc3nc(O)ccc3c2O)cn1. The van der Waals surface area contributed by atoms with Crippen molar-refractivity contribution in [2.24, 2.45) is 0 Å². The number of nitriles is 1. The fraction of sp³-hybridized carbons (Fsp3) is 0.0625. The molecule has 118 valence electrons. The standard InChI is InChI=1S/C16H11N5O3/c17-5-10-2-1-9(6-18-10)7-20-16(24)14-15(23)11-3-4-13(22)21-12(11)8-19-14/h1-4,6,8,23H,7H2,(H,20,24)(H,21,22). The minimum atomic E-state index is -0.563. The Morgan fingerprint density at radius 1 is 1.17 bits per heavy atom. The summed E-state index contributed by atoms with van der Waals surface area (Å²) >= 11 is 0. The summed E-state index contributed by atoms with van der Waals surface area (Å²) in [4.78, 5) is 23.8. The third-order valence-corrected chi connectivity index (χ3v) is 3.31. The minimum Gasteiger partial charge on any atom is -0.505 e. The summed E-state index contributed by atoms with van der Waals surface area (Å²) in [7, 11) is 0. The van der Waals surface area contributed by atoms with Gasteiger partial charge in [0.15, 0.2) is 11.4 Å². The molecule has 0 fully saturated rings. The molecule has 24 heavy (non-hydrogen) atoms. The van der Waals surface area contributed by atoms with Crippen molar-refractivity contribution in [3.63, 3.8) is 0 Å². The van der Waals surface area contributed by atoms with Gasteiger partial charge in [0.2, 0.25) is 5.88 Å². The molecule has 8 nitrogen and oxygen atoms in total. The second kappa shape index (κ2) is 6.18. The van der Waals surface area contributed by atoms with Crippen molar-refractivity contribution >= 4 is 16.8 Å². The van der Waals surface area contributed by atoms with Crippen molar-refractivity contribution in [3.05, 3.63) is 53.6 Å². The van der Waals surface area contributed by atoms with Crippen LogP contribution in [0.4, 0.5) is 0 Å². The van der Waals surface area contributed by atoms with E-state index < -0.39 is 5.91 Å². The van der Waals surface area contributed by atoms with Crippen LogP contribution >= 0.6 is 0 Å². The van der Waals surface area contributed by atoms with Gasteiger partial charge in [-0.25, -0.2) is 15.0 Å². The number of hydrogen-bond donors (Lipinski definition) is 3. The number of nitrogens with zero attached hydrogens (tertiary/aromatic N) is 4. The first-order valence-corrected chi connectivity index (χ1v) is 6.89. The summed E-state index contributed by atoms with van der Waals surface area (Å²) < 4.78 is 0. The van der Waals surface area contributed by atoms with Gasteiger partial charge in [0.1, 0.15) is 11.8 Å². The van der Waals surface area contributed by atoms with Crippen molar-refractivity contribution in [3.8, 4) is 17.7 Å². The number of aromatic hydroxyl groups is 2. The van der Waals surface area contributed by atoms with Gasteiger partial charge in [-0.1, -0.05) is 6.07 Å². The molecule has 0 unspecified atom stereocenters. The lowest BCUT2D eigenvalue weighted by molar-refractivity contribution is 0.0943. The van der Waals surface area contributed by atoms with Crippen LogP contribution < -0.4 is 5.32 Å². The van der Waals surface area contributed by atoms with Gasteiger partial charge in [-0.2, -0.15) is 5.26 Å². The highest BCUT2D eigenvalue weighted by Gasteiger charge is 2.16. The number of hydrogen-bond acceptors (Lipinski definition) is 7. The molecule has 3 aromatic heterocycles. The number of pyridine rings is 3. The molecule has 0 aliphatic heterocycles. The van der Waals surface area contributed by atoms with E-state index in [0.717, 1.165) is 0 Å². The lowest BCUT2D eigenvalue weighted by Gasteiger charge is -2.08. The first kappa shape index (κ1) is 15.2. The molecule has 0 spiro atoms. The second-order valence-corrected chi connectivity index (χ2v) is 4.90. The molecular formula is C16H11N5O3. The van der Waals surface area contributed by atoms with Crippen molar-refractivity contribution < 1.29 is 15.0 Å². The van der Waals surface area contributed by atoms with Crippen molar-refractivity contribution in [2.75, 3.05) is 0 Å². The van der Waals surface area contributed by atoms with Gasteiger partial charge in [0, 0.05) is 24.2 Å². The highest BCUT2D eigenvalue weighted by Crippen LogP contribution is 2.27. The Kier molecular flexibility index (Phi) is 3.91. The Morgan fingerprint density at radius 3 is 2.71 bits per heavy atom. The van der Waals surface area contributed by atoms with Gasteiger partial charge in [-0.15, -0.1) is 0 Å². The summed E-state index contributed by atoms with van der Waals surface area (Å²) in [5.74, 6) is -1.07. The first-order chi connectivity index (χ1) is 11.6. The van der Waals surface area contributed by atoms with Gasteiger partial charge in [-0.3, -0.25) is 4.79 Å². The molecule has 3 heterocycles. The average Bonchev–Trinajstić information content (AvgIpc) is 2.60. The van der Waals surface area contributed by atoms with Crippen LogP contribution in [0.3, 0.4) is 0 Å². The predicted octanol–water partition coefficient (Wildman–Crippen LogP) is 1.24. The molecule has 0 saturated carbocycles. The number of amides is 1. The maximum absolute atomic E-state index is 12.2. The Hall–Kier alpha value is -3.73. The van der Waals surface area contributed by atoms with Gasteiger partial charge in [0.25, 0.3) is 5.91 Å². The van der Waals surface area contributed by atoms with E-state index in [1.807, 2.05) is 6.07 Å². The number of carbonyl (C=O) groups is 1. The average molecular weight is 321 g/mol. The van der Waals surface area contributed by atoms with Crippen LogP contribution in [0.2, 0.25) is 0 Å². The lowest BCUT2D eigenvalue weighted by Crippen LogP contribution is -2.24. The Bertz CT molecular complexity index is 964. The number of aromatic nitrogens is 3. The van der Waals surface area contributed by atoms with Crippen LogP contribution in [-0.2, 0) is 6.54 Å². The van der Waals surface area contributed by atoms with Crippen LogP contribution in [0, 0.1) is 11.3 Å². The molecule has 8 heteroatoms. The van der Waals surface area contributed by atoms with Crippen molar-refractivity contribution in [1.29, 1.82) is 5.26 Å². The summed E-state index contributed by atoms with van der Waals surface area (Å²) in [6.07, 6.45) is 2.78. The van der Waals surface area contributed by atoms with Crippen LogP contribution in [0.5, 0.6) is 11.6 Å². The summed E-state index contributed by atoms with van der Waals surface area (Å²) in [5.41, 5.74) is 1.13. The zero-order chi connectivity index (χ0) is 17.1. The van der Waals surface area contributed by atoms with Crippen LogP contribution in [0.1, 0.15) is 21.7 Å². The third-order valence-electron chi connectivity index (χ3n) is 3.31. The normalized spacial score (nSPS) is 10.3.